The molecule has 1 amide bonds. The predicted molar refractivity (Wildman–Crippen MR) is 172 cm³/mol. The molecular formula is C29H44FIN2O6SSi. The minimum absolute atomic E-state index is 0.121. The van der Waals surface area contributed by atoms with Crippen molar-refractivity contribution < 1.29 is 32.6 Å². The second-order valence-corrected chi connectivity index (χ2v) is 19.4. The maximum atomic E-state index is 14.1. The number of carbonyl (C=O) groups excluding carboxylic acids is 2. The van der Waals surface area contributed by atoms with E-state index in [0.29, 0.717) is 42.4 Å². The van der Waals surface area contributed by atoms with Crippen LogP contribution in [0.4, 0.5) is 14.3 Å². The van der Waals surface area contributed by atoms with Crippen LogP contribution in [0.5, 0.6) is 5.75 Å². The zero-order valence-electron chi connectivity index (χ0n) is 25.7. The summed E-state index contributed by atoms with van der Waals surface area (Å²) >= 11 is 3.28. The Morgan fingerprint density at radius 1 is 1.07 bits per heavy atom. The number of methoxy groups -OCH3 is 1. The first-order valence-corrected chi connectivity index (χ1v) is 18.6. The van der Waals surface area contributed by atoms with Crippen LogP contribution in [0.2, 0.25) is 18.1 Å². The van der Waals surface area contributed by atoms with Gasteiger partial charge in [-0.05, 0) is 105 Å². The van der Waals surface area contributed by atoms with Gasteiger partial charge in [0.1, 0.15) is 5.60 Å². The fourth-order valence-electron chi connectivity index (χ4n) is 3.39. The molecule has 0 bridgehead atoms. The number of rotatable bonds is 13. The van der Waals surface area contributed by atoms with Crippen molar-refractivity contribution in [2.45, 2.75) is 91.0 Å². The van der Waals surface area contributed by atoms with Crippen LogP contribution < -0.4 is 9.64 Å². The Labute approximate surface area is 262 Å². The molecule has 0 fully saturated rings. The van der Waals surface area contributed by atoms with Gasteiger partial charge < -0.3 is 18.6 Å². The Morgan fingerprint density at radius 3 is 2.34 bits per heavy atom. The first kappa shape index (κ1) is 35.4. The Kier molecular flexibility index (Phi) is 13.0. The average molecular weight is 723 g/mol. The summed E-state index contributed by atoms with van der Waals surface area (Å²) in [5.41, 5.74) is -0.545. The number of ether oxygens (including phenoxy) is 3. The summed E-state index contributed by atoms with van der Waals surface area (Å²) in [6, 6.07) is 4.78. The number of benzene rings is 1. The van der Waals surface area contributed by atoms with Gasteiger partial charge in [-0.15, -0.1) is 11.3 Å². The van der Waals surface area contributed by atoms with Gasteiger partial charge in [0.15, 0.2) is 30.7 Å². The van der Waals surface area contributed by atoms with Crippen LogP contribution in [-0.2, 0) is 20.3 Å². The lowest BCUT2D eigenvalue weighted by Crippen LogP contribution is -2.41. The molecule has 0 radical (unpaired) electrons. The fourth-order valence-corrected chi connectivity index (χ4v) is 6.03. The highest BCUT2D eigenvalue weighted by Gasteiger charge is 2.37. The number of unbranched alkanes of at least 4 members (excludes halogenated alkanes) is 1. The standard InChI is InChI=1S/C29H44FIN2O6SSi/c1-28(2,3)39-27(35)33(16-10-11-18-38-41(8,9)29(4,5)6)26-32-24(25(34)36-7)23(40-26)13-12-17-37-22-15-14-20(31)19-21(22)30/h14-15,19H,10-13,16-18H2,1-9H3. The van der Waals surface area contributed by atoms with Crippen LogP contribution >= 0.6 is 33.9 Å². The number of anilines is 1. The van der Waals surface area contributed by atoms with E-state index in [0.717, 1.165) is 9.99 Å². The van der Waals surface area contributed by atoms with Crippen LogP contribution in [0.3, 0.4) is 0 Å². The zero-order valence-corrected chi connectivity index (χ0v) is 29.7. The maximum Gasteiger partial charge on any atom is 0.416 e. The highest BCUT2D eigenvalue weighted by atomic mass is 127. The van der Waals surface area contributed by atoms with Gasteiger partial charge in [0.25, 0.3) is 0 Å². The topological polar surface area (TPSA) is 87.2 Å². The normalized spacial score (nSPS) is 12.3. The molecule has 0 spiro atoms. The molecule has 1 aromatic heterocycles. The summed E-state index contributed by atoms with van der Waals surface area (Å²) in [5, 5.41) is 0.487. The van der Waals surface area contributed by atoms with Gasteiger partial charge in [-0.25, -0.2) is 19.0 Å². The van der Waals surface area contributed by atoms with E-state index in [1.54, 1.807) is 32.9 Å². The summed E-state index contributed by atoms with van der Waals surface area (Å²) in [5.74, 6) is -0.828. The number of hydrogen-bond acceptors (Lipinski definition) is 8. The van der Waals surface area contributed by atoms with Crippen molar-refractivity contribution in [3.63, 3.8) is 0 Å². The number of aryl methyl sites for hydroxylation is 1. The van der Waals surface area contributed by atoms with Crippen molar-refractivity contribution in [2.24, 2.45) is 0 Å². The highest BCUT2D eigenvalue weighted by molar-refractivity contribution is 14.1. The Hall–Kier alpha value is -1.77. The summed E-state index contributed by atoms with van der Waals surface area (Å²) in [4.78, 5) is 32.4. The second-order valence-electron chi connectivity index (χ2n) is 12.2. The zero-order chi connectivity index (χ0) is 31.0. The molecule has 2 aromatic rings. The van der Waals surface area contributed by atoms with Gasteiger partial charge >= 0.3 is 12.1 Å². The summed E-state index contributed by atoms with van der Waals surface area (Å²) in [6.45, 7) is 17.7. The lowest BCUT2D eigenvalue weighted by molar-refractivity contribution is 0.0569. The van der Waals surface area contributed by atoms with Gasteiger partial charge in [0.2, 0.25) is 0 Å². The summed E-state index contributed by atoms with van der Waals surface area (Å²) < 4.78 is 37.4. The molecular weight excluding hydrogens is 678 g/mol. The Bertz CT molecular complexity index is 1180. The van der Waals surface area contributed by atoms with Crippen LogP contribution in [0, 0.1) is 9.39 Å². The van der Waals surface area contributed by atoms with Crippen LogP contribution in [0.1, 0.15) is 76.2 Å². The highest BCUT2D eigenvalue weighted by Crippen LogP contribution is 2.36. The first-order valence-electron chi connectivity index (χ1n) is 13.8. The van der Waals surface area contributed by atoms with Crippen molar-refractivity contribution in [2.75, 3.05) is 31.8 Å². The van der Waals surface area contributed by atoms with Crippen molar-refractivity contribution in [1.82, 2.24) is 4.98 Å². The smallest absolute Gasteiger partial charge is 0.416 e. The minimum atomic E-state index is -1.86. The summed E-state index contributed by atoms with van der Waals surface area (Å²) in [7, 11) is -0.569. The van der Waals surface area contributed by atoms with E-state index in [1.165, 1.54) is 29.4 Å². The Morgan fingerprint density at radius 2 is 1.76 bits per heavy atom. The Balaban J connectivity index is 2.15. The number of amides is 1. The fraction of sp³-hybridized carbons (Fsp3) is 0.621. The number of esters is 1. The first-order chi connectivity index (χ1) is 18.9. The van der Waals surface area contributed by atoms with E-state index in [2.05, 4.69) is 38.8 Å². The molecule has 0 aliphatic rings. The summed E-state index contributed by atoms with van der Waals surface area (Å²) in [6.07, 6.45) is 1.86. The molecule has 0 atom stereocenters. The van der Waals surface area contributed by atoms with Crippen molar-refractivity contribution in [3.05, 3.63) is 38.2 Å². The number of halogens is 2. The third-order valence-corrected chi connectivity index (χ3v) is 13.0. The van der Waals surface area contributed by atoms with E-state index >= 15 is 0 Å². The van der Waals surface area contributed by atoms with Crippen molar-refractivity contribution >= 4 is 59.4 Å². The molecule has 12 heteroatoms. The minimum Gasteiger partial charge on any atom is -0.491 e. The quantitative estimate of drug-likeness (QED) is 0.0892. The predicted octanol–water partition coefficient (Wildman–Crippen LogP) is 8.23. The number of nitrogens with zero attached hydrogens (tertiary/aromatic N) is 2. The van der Waals surface area contributed by atoms with Crippen LogP contribution in [0.25, 0.3) is 0 Å². The lowest BCUT2D eigenvalue weighted by Gasteiger charge is -2.36. The number of carbonyl (C=O) groups is 2. The molecule has 230 valence electrons. The average Bonchev–Trinajstić information content (AvgIpc) is 3.26. The molecule has 41 heavy (non-hydrogen) atoms. The number of thiazole rings is 1. The SMILES string of the molecule is COC(=O)c1nc(N(CCCCO[Si](C)(C)C(C)(C)C)C(=O)OC(C)(C)C)sc1CCCOc1ccc(I)cc1F. The third-order valence-electron chi connectivity index (χ3n) is 6.65. The van der Waals surface area contributed by atoms with E-state index in [1.807, 2.05) is 22.6 Å². The van der Waals surface area contributed by atoms with Gasteiger partial charge in [-0.3, -0.25) is 4.90 Å². The van der Waals surface area contributed by atoms with Crippen molar-refractivity contribution in [3.8, 4) is 5.75 Å². The molecule has 0 saturated heterocycles. The molecule has 1 aromatic carbocycles. The van der Waals surface area contributed by atoms with Crippen molar-refractivity contribution in [1.29, 1.82) is 0 Å². The van der Waals surface area contributed by atoms with E-state index in [-0.39, 0.29) is 23.1 Å². The monoisotopic (exact) mass is 722 g/mol. The largest absolute Gasteiger partial charge is 0.491 e. The molecule has 0 N–H and O–H groups in total. The molecule has 8 nitrogen and oxygen atoms in total. The molecule has 0 aliphatic carbocycles. The van der Waals surface area contributed by atoms with E-state index < -0.39 is 31.8 Å². The van der Waals surface area contributed by atoms with Gasteiger partial charge in [0.05, 0.1) is 13.7 Å². The molecule has 2 rings (SSSR count). The maximum absolute atomic E-state index is 14.1. The van der Waals surface area contributed by atoms with Crippen LogP contribution in [-0.4, -0.2) is 57.8 Å². The molecule has 0 aliphatic heterocycles. The van der Waals surface area contributed by atoms with E-state index in [9.17, 15) is 14.0 Å². The molecule has 0 saturated carbocycles. The number of aromatic nitrogens is 1. The van der Waals surface area contributed by atoms with Crippen LogP contribution in [0.15, 0.2) is 18.2 Å². The van der Waals surface area contributed by atoms with Gasteiger partial charge in [0, 0.05) is 21.6 Å². The second kappa shape index (κ2) is 15.1. The van der Waals surface area contributed by atoms with Gasteiger partial charge in [-0.1, -0.05) is 20.8 Å². The van der Waals surface area contributed by atoms with Gasteiger partial charge in [-0.2, -0.15) is 0 Å². The lowest BCUT2D eigenvalue weighted by atomic mass is 10.2. The number of hydrogen-bond donors (Lipinski definition) is 0. The van der Waals surface area contributed by atoms with E-state index in [4.69, 9.17) is 18.6 Å². The third kappa shape index (κ3) is 11.1. The molecule has 0 unspecified atom stereocenters. The molecule has 1 heterocycles.